The fourth-order valence-electron chi connectivity index (χ4n) is 1.18. The van der Waals surface area contributed by atoms with E-state index >= 15 is 0 Å². The van der Waals surface area contributed by atoms with Crippen LogP contribution in [0.4, 0.5) is 0 Å². The van der Waals surface area contributed by atoms with Crippen LogP contribution < -0.4 is 5.73 Å². The van der Waals surface area contributed by atoms with Crippen molar-refractivity contribution >= 4 is 18.2 Å². The zero-order chi connectivity index (χ0) is 14.1. The molecule has 0 rings (SSSR count). The van der Waals surface area contributed by atoms with Gasteiger partial charge in [-0.2, -0.15) is 0 Å². The summed E-state index contributed by atoms with van der Waals surface area (Å²) in [5.74, 6) is -1.38. The maximum Gasteiger partial charge on any atom is 0.323 e. The van der Waals surface area contributed by atoms with Crippen LogP contribution >= 0.6 is 0 Å². The molecule has 6 heteroatoms. The third-order valence-corrected chi connectivity index (χ3v) is 2.58. The van der Waals surface area contributed by atoms with Crippen LogP contribution in [0.25, 0.3) is 0 Å². The SMILES string of the molecule is CCOC(=O)CC([C]=O)OC(=O)C(N)C(C)CC. The van der Waals surface area contributed by atoms with Crippen LogP contribution in [0.2, 0.25) is 0 Å². The lowest BCUT2D eigenvalue weighted by molar-refractivity contribution is -0.153. The van der Waals surface area contributed by atoms with Crippen molar-refractivity contribution < 1.29 is 23.9 Å². The number of rotatable bonds is 8. The van der Waals surface area contributed by atoms with E-state index in [4.69, 9.17) is 10.5 Å². The molecular formula is C12H20NO5. The maximum absolute atomic E-state index is 11.6. The van der Waals surface area contributed by atoms with Gasteiger partial charge in [0.25, 0.3) is 0 Å². The minimum atomic E-state index is -1.26. The molecule has 0 spiro atoms. The zero-order valence-electron chi connectivity index (χ0n) is 11.0. The lowest BCUT2D eigenvalue weighted by Gasteiger charge is -2.18. The molecule has 0 aliphatic heterocycles. The number of hydrogen-bond donors (Lipinski definition) is 1. The third kappa shape index (κ3) is 5.77. The molecule has 1 radical (unpaired) electrons. The molecular weight excluding hydrogens is 238 g/mol. The molecule has 0 bridgehead atoms. The summed E-state index contributed by atoms with van der Waals surface area (Å²) in [5.41, 5.74) is 5.64. The molecule has 0 heterocycles. The number of ether oxygens (including phenoxy) is 2. The van der Waals surface area contributed by atoms with Crippen LogP contribution in [0, 0.1) is 5.92 Å². The Balaban J connectivity index is 4.32. The normalized spacial score (nSPS) is 15.3. The third-order valence-electron chi connectivity index (χ3n) is 2.58. The first-order valence-corrected chi connectivity index (χ1v) is 5.95. The molecule has 103 valence electrons. The monoisotopic (exact) mass is 258 g/mol. The van der Waals surface area contributed by atoms with Gasteiger partial charge in [-0.25, -0.2) is 0 Å². The van der Waals surface area contributed by atoms with E-state index < -0.39 is 24.1 Å². The number of esters is 2. The van der Waals surface area contributed by atoms with Crippen molar-refractivity contribution in [2.24, 2.45) is 11.7 Å². The summed E-state index contributed by atoms with van der Waals surface area (Å²) in [6, 6.07) is -0.812. The molecule has 2 N–H and O–H groups in total. The molecule has 0 saturated carbocycles. The van der Waals surface area contributed by atoms with Gasteiger partial charge >= 0.3 is 11.9 Å². The minimum Gasteiger partial charge on any atom is -0.466 e. The second-order valence-electron chi connectivity index (χ2n) is 3.96. The lowest BCUT2D eigenvalue weighted by Crippen LogP contribution is -2.40. The Hall–Kier alpha value is -1.43. The average molecular weight is 258 g/mol. The topological polar surface area (TPSA) is 95.7 Å². The van der Waals surface area contributed by atoms with E-state index in [0.717, 1.165) is 0 Å². The van der Waals surface area contributed by atoms with Crippen molar-refractivity contribution in [3.05, 3.63) is 0 Å². The highest BCUT2D eigenvalue weighted by Gasteiger charge is 2.26. The van der Waals surface area contributed by atoms with Crippen LogP contribution in [0.3, 0.4) is 0 Å². The number of carbonyl (C=O) groups is 2. The predicted octanol–water partition coefficient (Wildman–Crippen LogP) is 0.335. The van der Waals surface area contributed by atoms with Crippen molar-refractivity contribution in [3.8, 4) is 0 Å². The molecule has 0 aliphatic rings. The smallest absolute Gasteiger partial charge is 0.323 e. The molecule has 18 heavy (non-hydrogen) atoms. The summed E-state index contributed by atoms with van der Waals surface area (Å²) >= 11 is 0. The van der Waals surface area contributed by atoms with Gasteiger partial charge in [-0.05, 0) is 12.8 Å². The quantitative estimate of drug-likeness (QED) is 0.630. The molecule has 0 saturated heterocycles. The minimum absolute atomic E-state index is 0.0626. The van der Waals surface area contributed by atoms with Crippen molar-refractivity contribution in [1.29, 1.82) is 0 Å². The second-order valence-corrected chi connectivity index (χ2v) is 3.96. The highest BCUT2D eigenvalue weighted by molar-refractivity contribution is 5.80. The predicted molar refractivity (Wildman–Crippen MR) is 64.3 cm³/mol. The summed E-state index contributed by atoms with van der Waals surface area (Å²) < 4.78 is 9.46. The Morgan fingerprint density at radius 2 is 1.94 bits per heavy atom. The molecule has 0 aromatic rings. The van der Waals surface area contributed by atoms with Gasteiger partial charge in [-0.3, -0.25) is 14.4 Å². The van der Waals surface area contributed by atoms with E-state index in [1.165, 1.54) is 6.29 Å². The number of carbonyl (C=O) groups excluding carboxylic acids is 3. The Labute approximate surface area is 107 Å². The Kier molecular flexibility index (Phi) is 7.94. The fourth-order valence-corrected chi connectivity index (χ4v) is 1.18. The first-order valence-electron chi connectivity index (χ1n) is 5.95. The Morgan fingerprint density at radius 1 is 1.33 bits per heavy atom. The van der Waals surface area contributed by atoms with E-state index in [1.807, 2.05) is 6.92 Å². The summed E-state index contributed by atoms with van der Waals surface area (Å²) in [6.45, 7) is 5.53. The summed E-state index contributed by atoms with van der Waals surface area (Å²) in [4.78, 5) is 33.3. The van der Waals surface area contributed by atoms with Gasteiger partial charge in [0.2, 0.25) is 6.29 Å². The van der Waals surface area contributed by atoms with Crippen LogP contribution in [0.5, 0.6) is 0 Å². The molecule has 3 unspecified atom stereocenters. The van der Waals surface area contributed by atoms with Gasteiger partial charge in [0, 0.05) is 0 Å². The van der Waals surface area contributed by atoms with E-state index in [-0.39, 0.29) is 18.9 Å². The number of nitrogens with two attached hydrogens (primary N) is 1. The Morgan fingerprint density at radius 3 is 2.39 bits per heavy atom. The zero-order valence-corrected chi connectivity index (χ0v) is 11.0. The van der Waals surface area contributed by atoms with Crippen molar-refractivity contribution in [2.45, 2.75) is 45.8 Å². The van der Waals surface area contributed by atoms with Gasteiger partial charge in [-0.15, -0.1) is 0 Å². The molecule has 0 aromatic heterocycles. The first kappa shape index (κ1) is 16.6. The Bertz CT molecular complexity index is 292. The van der Waals surface area contributed by atoms with Gasteiger partial charge in [0.15, 0.2) is 6.10 Å². The van der Waals surface area contributed by atoms with E-state index in [1.54, 1.807) is 13.8 Å². The van der Waals surface area contributed by atoms with Crippen LogP contribution in [-0.4, -0.2) is 37.0 Å². The van der Waals surface area contributed by atoms with E-state index in [2.05, 4.69) is 4.74 Å². The molecule has 0 aliphatic carbocycles. The van der Waals surface area contributed by atoms with Gasteiger partial charge in [0.1, 0.15) is 6.04 Å². The molecule has 0 amide bonds. The van der Waals surface area contributed by atoms with Gasteiger partial charge in [0.05, 0.1) is 13.0 Å². The molecule has 3 atom stereocenters. The summed E-state index contributed by atoms with van der Waals surface area (Å²) in [6.07, 6.45) is 0.602. The fraction of sp³-hybridized carbons (Fsp3) is 0.750. The van der Waals surface area contributed by atoms with Crippen molar-refractivity contribution in [3.63, 3.8) is 0 Å². The largest absolute Gasteiger partial charge is 0.466 e. The summed E-state index contributed by atoms with van der Waals surface area (Å²) in [7, 11) is 0. The van der Waals surface area contributed by atoms with Crippen LogP contribution in [0.15, 0.2) is 0 Å². The lowest BCUT2D eigenvalue weighted by atomic mass is 10.0. The van der Waals surface area contributed by atoms with Crippen molar-refractivity contribution in [1.82, 2.24) is 0 Å². The highest BCUT2D eigenvalue weighted by Crippen LogP contribution is 2.09. The maximum atomic E-state index is 11.6. The standard InChI is InChI=1S/C12H20NO5/c1-4-8(3)11(13)12(16)18-9(7-14)6-10(15)17-5-2/h8-9,11H,4-6,13H2,1-3H3. The van der Waals surface area contributed by atoms with Gasteiger partial charge < -0.3 is 15.2 Å². The van der Waals surface area contributed by atoms with E-state index in [9.17, 15) is 14.4 Å². The van der Waals surface area contributed by atoms with Crippen LogP contribution in [-0.2, 0) is 23.9 Å². The van der Waals surface area contributed by atoms with E-state index in [0.29, 0.717) is 6.42 Å². The van der Waals surface area contributed by atoms with Crippen LogP contribution in [0.1, 0.15) is 33.6 Å². The molecule has 0 fully saturated rings. The number of hydrogen-bond acceptors (Lipinski definition) is 6. The van der Waals surface area contributed by atoms with Gasteiger partial charge in [-0.1, -0.05) is 20.3 Å². The molecule has 6 nitrogen and oxygen atoms in total. The average Bonchev–Trinajstić information content (AvgIpc) is 2.36. The summed E-state index contributed by atoms with van der Waals surface area (Å²) in [5, 5.41) is 0. The molecule has 0 aromatic carbocycles. The first-order chi connectivity index (χ1) is 8.46. The highest BCUT2D eigenvalue weighted by atomic mass is 16.6. The second kappa shape index (κ2) is 8.63. The van der Waals surface area contributed by atoms with Crippen molar-refractivity contribution in [2.75, 3.05) is 6.61 Å².